The second-order valence-corrected chi connectivity index (χ2v) is 9.62. The van der Waals surface area contributed by atoms with Crippen LogP contribution in [0.15, 0.2) is 77.7 Å². The number of carbonyl (C=O) groups excluding carboxylic acids is 1. The van der Waals surface area contributed by atoms with Crippen LogP contribution in [0.5, 0.6) is 5.75 Å². The van der Waals surface area contributed by atoms with Crippen LogP contribution in [0.4, 0.5) is 5.69 Å². The summed E-state index contributed by atoms with van der Waals surface area (Å²) in [5, 5.41) is 3.69. The molecule has 0 aliphatic rings. The molecular weight excluding hydrogens is 471 g/mol. The van der Waals surface area contributed by atoms with Crippen molar-refractivity contribution >= 4 is 44.8 Å². The maximum atomic E-state index is 13.3. The molecule has 0 radical (unpaired) electrons. The summed E-state index contributed by atoms with van der Waals surface area (Å²) < 4.78 is 33.1. The zero-order chi connectivity index (χ0) is 23.1. The molecule has 32 heavy (non-hydrogen) atoms. The van der Waals surface area contributed by atoms with E-state index in [1.165, 1.54) is 18.2 Å². The molecule has 0 atom stereocenters. The molecule has 168 valence electrons. The average Bonchev–Trinajstić information content (AvgIpc) is 2.79. The molecule has 3 aromatic rings. The summed E-state index contributed by atoms with van der Waals surface area (Å²) in [6, 6.07) is 19.7. The summed E-state index contributed by atoms with van der Waals surface area (Å²) in [5.41, 5.74) is 1.10. The van der Waals surface area contributed by atoms with Gasteiger partial charge < -0.3 is 10.1 Å². The molecule has 0 bridgehead atoms. The lowest BCUT2D eigenvalue weighted by Gasteiger charge is -2.24. The number of rotatable bonds is 9. The molecule has 6 nitrogen and oxygen atoms in total. The van der Waals surface area contributed by atoms with Gasteiger partial charge >= 0.3 is 0 Å². The van der Waals surface area contributed by atoms with Gasteiger partial charge in [-0.05, 0) is 61.0 Å². The third-order valence-corrected chi connectivity index (χ3v) is 7.02. The minimum atomic E-state index is -3.99. The van der Waals surface area contributed by atoms with Crippen molar-refractivity contribution in [1.82, 2.24) is 5.32 Å². The highest BCUT2D eigenvalue weighted by atomic mass is 35.5. The van der Waals surface area contributed by atoms with E-state index in [-0.39, 0.29) is 18.0 Å². The normalized spacial score (nSPS) is 11.1. The number of benzene rings is 3. The summed E-state index contributed by atoms with van der Waals surface area (Å²) in [7, 11) is -3.99. The van der Waals surface area contributed by atoms with Gasteiger partial charge in [0.25, 0.3) is 10.0 Å². The van der Waals surface area contributed by atoms with Gasteiger partial charge in [0.15, 0.2) is 0 Å². The second-order valence-electron chi connectivity index (χ2n) is 6.91. The molecule has 0 unspecified atom stereocenters. The minimum absolute atomic E-state index is 0.0792. The van der Waals surface area contributed by atoms with Crippen LogP contribution >= 0.6 is 23.2 Å². The van der Waals surface area contributed by atoms with Crippen molar-refractivity contribution in [3.63, 3.8) is 0 Å². The molecule has 0 spiro atoms. The van der Waals surface area contributed by atoms with Crippen LogP contribution in [0, 0.1) is 6.92 Å². The SMILES string of the molecule is Cc1ccc(N(CC(=O)NCCOc2ccc(Cl)cc2)S(=O)(=O)c2ccccc2)cc1Cl. The van der Waals surface area contributed by atoms with Crippen molar-refractivity contribution in [2.24, 2.45) is 0 Å². The Morgan fingerprint density at radius 2 is 1.69 bits per heavy atom. The fourth-order valence-corrected chi connectivity index (χ4v) is 4.58. The number of hydrogen-bond donors (Lipinski definition) is 1. The van der Waals surface area contributed by atoms with Crippen molar-refractivity contribution < 1.29 is 17.9 Å². The third-order valence-electron chi connectivity index (χ3n) is 4.57. The number of amides is 1. The smallest absolute Gasteiger partial charge is 0.264 e. The molecule has 0 saturated carbocycles. The first-order valence-corrected chi connectivity index (χ1v) is 12.0. The van der Waals surface area contributed by atoms with Gasteiger partial charge in [-0.25, -0.2) is 8.42 Å². The standard InChI is InChI=1S/C23H22Cl2N2O4S/c1-17-7-10-19(15-22(17)25)27(32(29,30)21-5-3-2-4-6-21)16-23(28)26-13-14-31-20-11-8-18(24)9-12-20/h2-12,15H,13-14,16H2,1H3,(H,26,28). The molecular formula is C23H22Cl2N2O4S. The van der Waals surface area contributed by atoms with E-state index in [0.29, 0.717) is 21.5 Å². The van der Waals surface area contributed by atoms with Crippen molar-refractivity contribution in [2.45, 2.75) is 11.8 Å². The monoisotopic (exact) mass is 492 g/mol. The van der Waals surface area contributed by atoms with E-state index in [0.717, 1.165) is 9.87 Å². The van der Waals surface area contributed by atoms with Crippen LogP contribution in [-0.4, -0.2) is 34.0 Å². The van der Waals surface area contributed by atoms with Crippen LogP contribution in [0.2, 0.25) is 10.0 Å². The van der Waals surface area contributed by atoms with Crippen molar-refractivity contribution in [1.29, 1.82) is 0 Å². The Labute approximate surface area is 197 Å². The molecule has 0 aliphatic heterocycles. The van der Waals surface area contributed by atoms with Gasteiger partial charge in [-0.3, -0.25) is 9.10 Å². The Hall–Kier alpha value is -2.74. The lowest BCUT2D eigenvalue weighted by atomic mass is 10.2. The molecule has 0 saturated heterocycles. The van der Waals surface area contributed by atoms with Gasteiger partial charge in [-0.2, -0.15) is 0 Å². The quantitative estimate of drug-likeness (QED) is 0.439. The van der Waals surface area contributed by atoms with E-state index >= 15 is 0 Å². The van der Waals surface area contributed by atoms with Gasteiger partial charge in [-0.1, -0.05) is 47.5 Å². The van der Waals surface area contributed by atoms with Gasteiger partial charge in [-0.15, -0.1) is 0 Å². The van der Waals surface area contributed by atoms with Crippen LogP contribution in [0.1, 0.15) is 5.56 Å². The fraction of sp³-hybridized carbons (Fsp3) is 0.174. The molecule has 3 rings (SSSR count). The summed E-state index contributed by atoms with van der Waals surface area (Å²) >= 11 is 12.1. The number of ether oxygens (including phenoxy) is 1. The predicted molar refractivity (Wildman–Crippen MR) is 127 cm³/mol. The van der Waals surface area contributed by atoms with Crippen molar-refractivity contribution in [3.05, 3.63) is 88.4 Å². The Morgan fingerprint density at radius 3 is 2.34 bits per heavy atom. The van der Waals surface area contributed by atoms with Gasteiger partial charge in [0.05, 0.1) is 17.1 Å². The zero-order valence-corrected chi connectivity index (χ0v) is 19.6. The molecule has 3 aromatic carbocycles. The number of halogens is 2. The second kappa shape index (κ2) is 10.7. The van der Waals surface area contributed by atoms with Crippen LogP contribution in [0.3, 0.4) is 0 Å². The van der Waals surface area contributed by atoms with Gasteiger partial charge in [0, 0.05) is 10.0 Å². The Morgan fingerprint density at radius 1 is 1.00 bits per heavy atom. The van der Waals surface area contributed by atoms with E-state index in [4.69, 9.17) is 27.9 Å². The number of aryl methyl sites for hydroxylation is 1. The molecule has 9 heteroatoms. The number of hydrogen-bond acceptors (Lipinski definition) is 4. The molecule has 1 amide bonds. The van der Waals surface area contributed by atoms with E-state index in [2.05, 4.69) is 5.32 Å². The predicted octanol–water partition coefficient (Wildman–Crippen LogP) is 4.69. The first-order valence-electron chi connectivity index (χ1n) is 9.76. The highest BCUT2D eigenvalue weighted by molar-refractivity contribution is 7.92. The summed E-state index contributed by atoms with van der Waals surface area (Å²) in [6.45, 7) is 1.83. The average molecular weight is 493 g/mol. The largest absolute Gasteiger partial charge is 0.492 e. The van der Waals surface area contributed by atoms with Crippen LogP contribution < -0.4 is 14.4 Å². The molecule has 0 aliphatic carbocycles. The Bertz CT molecular complexity index is 1170. The molecule has 0 heterocycles. The summed E-state index contributed by atoms with van der Waals surface area (Å²) in [4.78, 5) is 12.7. The van der Waals surface area contributed by atoms with Gasteiger partial charge in [0.2, 0.25) is 5.91 Å². The highest BCUT2D eigenvalue weighted by Gasteiger charge is 2.27. The van der Waals surface area contributed by atoms with E-state index < -0.39 is 22.5 Å². The number of carbonyl (C=O) groups is 1. The molecule has 0 aromatic heterocycles. The topological polar surface area (TPSA) is 75.7 Å². The maximum absolute atomic E-state index is 13.3. The fourth-order valence-electron chi connectivity index (χ4n) is 2.85. The number of nitrogens with zero attached hydrogens (tertiary/aromatic N) is 1. The van der Waals surface area contributed by atoms with E-state index in [1.807, 2.05) is 6.92 Å². The Balaban J connectivity index is 1.71. The summed E-state index contributed by atoms with van der Waals surface area (Å²) in [5.74, 6) is 0.145. The third kappa shape index (κ3) is 6.16. The highest BCUT2D eigenvalue weighted by Crippen LogP contribution is 2.27. The summed E-state index contributed by atoms with van der Waals surface area (Å²) in [6.07, 6.45) is 0. The minimum Gasteiger partial charge on any atom is -0.492 e. The van der Waals surface area contributed by atoms with Gasteiger partial charge in [0.1, 0.15) is 18.9 Å². The van der Waals surface area contributed by atoms with Crippen LogP contribution in [0.25, 0.3) is 0 Å². The molecule has 1 N–H and O–H groups in total. The van der Waals surface area contributed by atoms with Crippen molar-refractivity contribution in [3.8, 4) is 5.75 Å². The lowest BCUT2D eigenvalue weighted by molar-refractivity contribution is -0.119. The van der Waals surface area contributed by atoms with Crippen LogP contribution in [-0.2, 0) is 14.8 Å². The first-order chi connectivity index (χ1) is 15.3. The number of anilines is 1. The number of sulfonamides is 1. The molecule has 0 fully saturated rings. The van der Waals surface area contributed by atoms with Crippen molar-refractivity contribution in [2.75, 3.05) is 24.0 Å². The van der Waals surface area contributed by atoms with E-state index in [1.54, 1.807) is 54.6 Å². The lowest BCUT2D eigenvalue weighted by Crippen LogP contribution is -2.41. The zero-order valence-electron chi connectivity index (χ0n) is 17.3. The number of nitrogens with one attached hydrogen (secondary N) is 1. The van der Waals surface area contributed by atoms with E-state index in [9.17, 15) is 13.2 Å². The maximum Gasteiger partial charge on any atom is 0.264 e. The first kappa shape index (κ1) is 23.9. The Kier molecular flexibility index (Phi) is 8.01.